The van der Waals surface area contributed by atoms with Gasteiger partial charge in [-0.2, -0.15) is 5.26 Å². The molecule has 0 aliphatic rings. The smallest absolute Gasteiger partial charge is 0.308 e. The van der Waals surface area contributed by atoms with E-state index in [1.807, 2.05) is 26.8 Å². The second-order valence-electron chi connectivity index (χ2n) is 5.25. The number of carbonyl (C=O) groups excluding carboxylic acids is 1. The van der Waals surface area contributed by atoms with Gasteiger partial charge in [-0.05, 0) is 11.8 Å². The minimum atomic E-state index is -0.894. The maximum absolute atomic E-state index is 11.4. The van der Waals surface area contributed by atoms with Crippen molar-refractivity contribution in [1.29, 1.82) is 5.26 Å². The first-order valence-corrected chi connectivity index (χ1v) is 6.86. The van der Waals surface area contributed by atoms with E-state index in [-0.39, 0.29) is 29.4 Å². The van der Waals surface area contributed by atoms with Crippen molar-refractivity contribution in [3.05, 3.63) is 0 Å². The Bertz CT molecular complexity index is 331. The van der Waals surface area contributed by atoms with Crippen LogP contribution in [0.1, 0.15) is 27.2 Å². The Hall–Kier alpha value is -1.22. The first-order chi connectivity index (χ1) is 8.26. The molecule has 0 aromatic heterocycles. The fourth-order valence-corrected chi connectivity index (χ4v) is 1.94. The van der Waals surface area contributed by atoms with Crippen LogP contribution in [0.2, 0.25) is 0 Å². The zero-order valence-electron chi connectivity index (χ0n) is 11.0. The number of nitrogens with one attached hydrogen (secondary N) is 1. The fourth-order valence-electron chi connectivity index (χ4n) is 1.46. The zero-order valence-corrected chi connectivity index (χ0v) is 11.8. The first kappa shape index (κ1) is 16.8. The van der Waals surface area contributed by atoms with E-state index in [0.717, 1.165) is 0 Å². The highest BCUT2D eigenvalue weighted by Gasteiger charge is 2.24. The number of amides is 1. The lowest BCUT2D eigenvalue weighted by Crippen LogP contribution is -2.35. The van der Waals surface area contributed by atoms with Gasteiger partial charge < -0.3 is 10.4 Å². The summed E-state index contributed by atoms with van der Waals surface area (Å²) in [7, 11) is 0. The lowest BCUT2D eigenvalue weighted by molar-refractivity contribution is -0.142. The number of carboxylic acids is 1. The summed E-state index contributed by atoms with van der Waals surface area (Å²) in [4.78, 5) is 22.4. The molecule has 0 aromatic rings. The summed E-state index contributed by atoms with van der Waals surface area (Å²) >= 11 is 1.21. The maximum atomic E-state index is 11.4. The third-order valence-electron chi connectivity index (χ3n) is 2.15. The van der Waals surface area contributed by atoms with Crippen LogP contribution in [-0.4, -0.2) is 35.0 Å². The topological polar surface area (TPSA) is 90.2 Å². The van der Waals surface area contributed by atoms with Crippen LogP contribution >= 0.6 is 11.8 Å². The number of hydrogen-bond acceptors (Lipinski definition) is 4. The maximum Gasteiger partial charge on any atom is 0.308 e. The summed E-state index contributed by atoms with van der Waals surface area (Å²) in [5, 5.41) is 20.0. The summed E-state index contributed by atoms with van der Waals surface area (Å²) in [5.74, 6) is -1.24. The zero-order chi connectivity index (χ0) is 14.2. The Kier molecular flexibility index (Phi) is 7.44. The van der Waals surface area contributed by atoms with Crippen LogP contribution in [-0.2, 0) is 9.59 Å². The lowest BCUT2D eigenvalue weighted by Gasteiger charge is -2.23. The average Bonchev–Trinajstić information content (AvgIpc) is 2.22. The van der Waals surface area contributed by atoms with Gasteiger partial charge in [0.05, 0.1) is 23.5 Å². The minimum absolute atomic E-state index is 0.0939. The van der Waals surface area contributed by atoms with E-state index >= 15 is 0 Å². The molecule has 0 heterocycles. The summed E-state index contributed by atoms with van der Waals surface area (Å²) in [5.41, 5.74) is -0.0939. The molecule has 1 amide bonds. The van der Waals surface area contributed by atoms with Crippen LogP contribution in [0.15, 0.2) is 0 Å². The Balaban J connectivity index is 4.09. The molecule has 1 unspecified atom stereocenters. The molecule has 0 aliphatic heterocycles. The highest BCUT2D eigenvalue weighted by Crippen LogP contribution is 2.24. The van der Waals surface area contributed by atoms with Crippen LogP contribution in [0, 0.1) is 22.7 Å². The highest BCUT2D eigenvalue weighted by molar-refractivity contribution is 8.00. The molecule has 0 fully saturated rings. The third kappa shape index (κ3) is 8.88. The van der Waals surface area contributed by atoms with Gasteiger partial charge in [0.1, 0.15) is 0 Å². The number of carboxylic acid groups (broad SMARTS) is 1. The fraction of sp³-hybridized carbons (Fsp3) is 0.750. The molecule has 0 bridgehead atoms. The van der Waals surface area contributed by atoms with Crippen molar-refractivity contribution < 1.29 is 14.7 Å². The summed E-state index contributed by atoms with van der Waals surface area (Å²) in [6.45, 7) is 6.03. The SMILES string of the molecule is CC(C)(C)CC(CNC(=O)CSCC#N)C(=O)O. The van der Waals surface area contributed by atoms with Crippen molar-refractivity contribution in [2.24, 2.45) is 11.3 Å². The van der Waals surface area contributed by atoms with E-state index in [2.05, 4.69) is 5.32 Å². The standard InChI is InChI=1S/C12H20N2O3S/c1-12(2,3)6-9(11(16)17)7-14-10(15)8-18-5-4-13/h9H,5-8H2,1-3H3,(H,14,15)(H,16,17). The van der Waals surface area contributed by atoms with E-state index in [9.17, 15) is 9.59 Å². The number of hydrogen-bond donors (Lipinski definition) is 2. The van der Waals surface area contributed by atoms with Gasteiger partial charge in [-0.25, -0.2) is 0 Å². The molecule has 0 saturated heterocycles. The molecule has 0 aliphatic carbocycles. The number of thioether (sulfide) groups is 1. The van der Waals surface area contributed by atoms with Gasteiger partial charge >= 0.3 is 5.97 Å². The number of nitrogens with zero attached hydrogens (tertiary/aromatic N) is 1. The van der Waals surface area contributed by atoms with Gasteiger partial charge in [0.25, 0.3) is 0 Å². The molecular formula is C12H20N2O3S. The highest BCUT2D eigenvalue weighted by atomic mass is 32.2. The van der Waals surface area contributed by atoms with Gasteiger partial charge in [0.15, 0.2) is 0 Å². The third-order valence-corrected chi connectivity index (χ3v) is 2.95. The average molecular weight is 272 g/mol. The Labute approximate surface area is 112 Å². The molecule has 0 radical (unpaired) electrons. The monoisotopic (exact) mass is 272 g/mol. The van der Waals surface area contributed by atoms with Gasteiger partial charge in [-0.1, -0.05) is 20.8 Å². The predicted molar refractivity (Wildman–Crippen MR) is 71.1 cm³/mol. The lowest BCUT2D eigenvalue weighted by atomic mass is 9.84. The van der Waals surface area contributed by atoms with Gasteiger partial charge in [0, 0.05) is 6.54 Å². The molecule has 5 nitrogen and oxygen atoms in total. The predicted octanol–water partition coefficient (Wildman–Crippen LogP) is 1.50. The molecule has 0 spiro atoms. The number of rotatable bonds is 7. The molecule has 0 aromatic carbocycles. The van der Waals surface area contributed by atoms with Crippen LogP contribution in [0.4, 0.5) is 0 Å². The molecule has 0 saturated carbocycles. The number of aliphatic carboxylic acids is 1. The van der Waals surface area contributed by atoms with Crippen molar-refractivity contribution in [3.8, 4) is 6.07 Å². The number of carbonyl (C=O) groups is 2. The Morgan fingerprint density at radius 3 is 2.50 bits per heavy atom. The van der Waals surface area contributed by atoms with Crippen molar-refractivity contribution in [2.45, 2.75) is 27.2 Å². The van der Waals surface area contributed by atoms with E-state index < -0.39 is 11.9 Å². The van der Waals surface area contributed by atoms with Crippen LogP contribution in [0.5, 0.6) is 0 Å². The quantitative estimate of drug-likeness (QED) is 0.685. The molecular weight excluding hydrogens is 252 g/mol. The first-order valence-electron chi connectivity index (χ1n) is 5.70. The van der Waals surface area contributed by atoms with Crippen molar-refractivity contribution in [3.63, 3.8) is 0 Å². The molecule has 0 rings (SSSR count). The normalized spacial score (nSPS) is 12.6. The van der Waals surface area contributed by atoms with Crippen LogP contribution in [0.25, 0.3) is 0 Å². The summed E-state index contributed by atoms with van der Waals surface area (Å²) in [6, 6.07) is 1.93. The van der Waals surface area contributed by atoms with E-state index in [1.54, 1.807) is 0 Å². The molecule has 18 heavy (non-hydrogen) atoms. The molecule has 6 heteroatoms. The molecule has 1 atom stereocenters. The van der Waals surface area contributed by atoms with Crippen LogP contribution < -0.4 is 5.32 Å². The van der Waals surface area contributed by atoms with Gasteiger partial charge in [-0.3, -0.25) is 9.59 Å². The van der Waals surface area contributed by atoms with Crippen molar-refractivity contribution in [1.82, 2.24) is 5.32 Å². The Morgan fingerprint density at radius 1 is 1.44 bits per heavy atom. The van der Waals surface area contributed by atoms with Crippen LogP contribution in [0.3, 0.4) is 0 Å². The van der Waals surface area contributed by atoms with Crippen molar-refractivity contribution in [2.75, 3.05) is 18.1 Å². The summed E-state index contributed by atoms with van der Waals surface area (Å²) < 4.78 is 0. The second-order valence-corrected chi connectivity index (χ2v) is 6.24. The van der Waals surface area contributed by atoms with Gasteiger partial charge in [-0.15, -0.1) is 11.8 Å². The van der Waals surface area contributed by atoms with E-state index in [1.165, 1.54) is 11.8 Å². The molecule has 2 N–H and O–H groups in total. The Morgan fingerprint density at radius 2 is 2.06 bits per heavy atom. The second kappa shape index (κ2) is 7.98. The largest absolute Gasteiger partial charge is 0.481 e. The minimum Gasteiger partial charge on any atom is -0.481 e. The van der Waals surface area contributed by atoms with Gasteiger partial charge in [0.2, 0.25) is 5.91 Å². The van der Waals surface area contributed by atoms with E-state index in [4.69, 9.17) is 10.4 Å². The van der Waals surface area contributed by atoms with E-state index in [0.29, 0.717) is 6.42 Å². The van der Waals surface area contributed by atoms with Crippen molar-refractivity contribution >= 4 is 23.6 Å². The number of nitriles is 1. The molecule has 102 valence electrons. The summed E-state index contributed by atoms with van der Waals surface area (Å²) in [6.07, 6.45) is 0.508.